The fraction of sp³-hybridized carbons (Fsp3) is 0.400. The summed E-state index contributed by atoms with van der Waals surface area (Å²) in [7, 11) is 1.59. The maximum atomic E-state index is 13.6. The molecular formula is C20H26FNO2. The van der Waals surface area contributed by atoms with Crippen LogP contribution in [-0.2, 0) is 6.42 Å². The van der Waals surface area contributed by atoms with Gasteiger partial charge in [0.2, 0.25) is 0 Å². The molecule has 0 spiro atoms. The van der Waals surface area contributed by atoms with Crippen molar-refractivity contribution in [2.45, 2.75) is 26.2 Å². The lowest BCUT2D eigenvalue weighted by molar-refractivity contribution is 0.271. The van der Waals surface area contributed by atoms with Crippen molar-refractivity contribution in [3.8, 4) is 11.5 Å². The van der Waals surface area contributed by atoms with Crippen LogP contribution in [0.25, 0.3) is 0 Å². The summed E-state index contributed by atoms with van der Waals surface area (Å²) in [6.07, 6.45) is 0.723. The van der Waals surface area contributed by atoms with E-state index < -0.39 is 0 Å². The number of ether oxygens (including phenoxy) is 2. The molecule has 3 nitrogen and oxygen atoms in total. The first kappa shape index (κ1) is 18.3. The molecule has 1 atom stereocenters. The lowest BCUT2D eigenvalue weighted by atomic mass is 9.91. The van der Waals surface area contributed by atoms with Crippen LogP contribution in [0, 0.1) is 11.7 Å². The largest absolute Gasteiger partial charge is 0.496 e. The van der Waals surface area contributed by atoms with Gasteiger partial charge in [0.15, 0.2) is 0 Å². The Morgan fingerprint density at radius 3 is 2.38 bits per heavy atom. The molecule has 0 radical (unpaired) electrons. The third-order valence-electron chi connectivity index (χ3n) is 3.90. The summed E-state index contributed by atoms with van der Waals surface area (Å²) < 4.78 is 24.7. The molecule has 0 saturated heterocycles. The highest BCUT2D eigenvalue weighted by molar-refractivity contribution is 5.38. The van der Waals surface area contributed by atoms with E-state index >= 15 is 0 Å². The highest BCUT2D eigenvalue weighted by Crippen LogP contribution is 2.30. The molecule has 0 aliphatic carbocycles. The van der Waals surface area contributed by atoms with E-state index in [0.717, 1.165) is 23.3 Å². The summed E-state index contributed by atoms with van der Waals surface area (Å²) in [5.41, 5.74) is 7.87. The van der Waals surface area contributed by atoms with E-state index in [2.05, 4.69) is 13.8 Å². The van der Waals surface area contributed by atoms with Crippen molar-refractivity contribution in [2.24, 2.45) is 11.7 Å². The van der Waals surface area contributed by atoms with Gasteiger partial charge in [0.1, 0.15) is 17.3 Å². The normalized spacial score (nSPS) is 12.2. The molecule has 0 heterocycles. The number of hydrogen-bond acceptors (Lipinski definition) is 3. The van der Waals surface area contributed by atoms with Gasteiger partial charge in [-0.2, -0.15) is 0 Å². The zero-order chi connectivity index (χ0) is 17.5. The van der Waals surface area contributed by atoms with Gasteiger partial charge >= 0.3 is 0 Å². The molecule has 0 bridgehead atoms. The Labute approximate surface area is 143 Å². The molecule has 0 amide bonds. The van der Waals surface area contributed by atoms with Crippen LogP contribution in [0.5, 0.6) is 11.5 Å². The summed E-state index contributed by atoms with van der Waals surface area (Å²) in [6.45, 7) is 5.36. The molecular weight excluding hydrogens is 305 g/mol. The Bertz CT molecular complexity index is 641. The number of nitrogens with two attached hydrogens (primary N) is 1. The minimum atomic E-state index is -0.276. The molecule has 0 aromatic heterocycles. The van der Waals surface area contributed by atoms with Crippen LogP contribution < -0.4 is 15.2 Å². The van der Waals surface area contributed by atoms with Gasteiger partial charge in [-0.1, -0.05) is 26.0 Å². The summed E-state index contributed by atoms with van der Waals surface area (Å²) in [4.78, 5) is 0. The minimum absolute atomic E-state index is 0.00178. The van der Waals surface area contributed by atoms with Crippen LogP contribution >= 0.6 is 0 Å². The van der Waals surface area contributed by atoms with Gasteiger partial charge in [-0.05, 0) is 54.8 Å². The number of methoxy groups -OCH3 is 1. The van der Waals surface area contributed by atoms with Crippen LogP contribution in [0.4, 0.5) is 4.39 Å². The van der Waals surface area contributed by atoms with Crippen LogP contribution in [0.1, 0.15) is 30.9 Å². The molecule has 1 unspecified atom stereocenters. The Kier molecular flexibility index (Phi) is 6.62. The fourth-order valence-corrected chi connectivity index (χ4v) is 2.61. The lowest BCUT2D eigenvalue weighted by Crippen LogP contribution is -2.16. The first-order chi connectivity index (χ1) is 11.5. The van der Waals surface area contributed by atoms with Gasteiger partial charge < -0.3 is 15.2 Å². The van der Waals surface area contributed by atoms with Crippen molar-refractivity contribution in [3.05, 3.63) is 59.4 Å². The average Bonchev–Trinajstić information content (AvgIpc) is 2.58. The smallest absolute Gasteiger partial charge is 0.123 e. The van der Waals surface area contributed by atoms with E-state index in [4.69, 9.17) is 15.2 Å². The maximum absolute atomic E-state index is 13.6. The summed E-state index contributed by atoms with van der Waals surface area (Å²) in [6, 6.07) is 12.6. The minimum Gasteiger partial charge on any atom is -0.496 e. The van der Waals surface area contributed by atoms with Crippen LogP contribution in [0.2, 0.25) is 0 Å². The average molecular weight is 331 g/mol. The van der Waals surface area contributed by atoms with Gasteiger partial charge in [-0.3, -0.25) is 0 Å². The zero-order valence-electron chi connectivity index (χ0n) is 14.6. The van der Waals surface area contributed by atoms with Crippen LogP contribution in [0.3, 0.4) is 0 Å². The first-order valence-electron chi connectivity index (χ1n) is 8.28. The Hall–Kier alpha value is -2.07. The van der Waals surface area contributed by atoms with Gasteiger partial charge in [-0.25, -0.2) is 4.39 Å². The third kappa shape index (κ3) is 4.96. The van der Waals surface area contributed by atoms with Gasteiger partial charge in [0, 0.05) is 11.5 Å². The van der Waals surface area contributed by atoms with Crippen LogP contribution in [-0.4, -0.2) is 20.3 Å². The quantitative estimate of drug-likeness (QED) is 0.790. The summed E-state index contributed by atoms with van der Waals surface area (Å²) in [5.74, 6) is 1.75. The number of halogens is 1. The van der Waals surface area contributed by atoms with Crippen molar-refractivity contribution in [1.29, 1.82) is 0 Å². The van der Waals surface area contributed by atoms with E-state index in [1.165, 1.54) is 12.1 Å². The van der Waals surface area contributed by atoms with E-state index in [1.54, 1.807) is 13.2 Å². The second-order valence-corrected chi connectivity index (χ2v) is 6.37. The molecule has 0 saturated carbocycles. The summed E-state index contributed by atoms with van der Waals surface area (Å²) in [5, 5.41) is 0. The van der Waals surface area contributed by atoms with Crippen molar-refractivity contribution in [1.82, 2.24) is 0 Å². The molecule has 0 fully saturated rings. The summed E-state index contributed by atoms with van der Waals surface area (Å²) >= 11 is 0. The Morgan fingerprint density at radius 2 is 1.79 bits per heavy atom. The number of hydrogen-bond donors (Lipinski definition) is 1. The van der Waals surface area contributed by atoms with Crippen molar-refractivity contribution >= 4 is 0 Å². The number of rotatable bonds is 8. The third-order valence-corrected chi connectivity index (χ3v) is 3.90. The lowest BCUT2D eigenvalue weighted by Gasteiger charge is -2.19. The second-order valence-electron chi connectivity index (χ2n) is 6.37. The fourth-order valence-electron chi connectivity index (χ4n) is 2.61. The maximum Gasteiger partial charge on any atom is 0.123 e. The topological polar surface area (TPSA) is 44.5 Å². The van der Waals surface area contributed by atoms with Gasteiger partial charge in [-0.15, -0.1) is 0 Å². The molecule has 2 N–H and O–H groups in total. The molecule has 0 aliphatic rings. The molecule has 2 aromatic carbocycles. The highest BCUT2D eigenvalue weighted by atomic mass is 19.1. The van der Waals surface area contributed by atoms with Crippen molar-refractivity contribution in [3.63, 3.8) is 0 Å². The van der Waals surface area contributed by atoms with E-state index in [9.17, 15) is 4.39 Å². The SMILES string of the molecule is COc1ccc(F)cc1C(CN)Cc1ccc(OCC(C)C)cc1. The zero-order valence-corrected chi connectivity index (χ0v) is 14.6. The Morgan fingerprint density at radius 1 is 1.08 bits per heavy atom. The van der Waals surface area contributed by atoms with E-state index in [1.807, 2.05) is 24.3 Å². The molecule has 24 heavy (non-hydrogen) atoms. The van der Waals surface area contributed by atoms with Gasteiger partial charge in [0.25, 0.3) is 0 Å². The van der Waals surface area contributed by atoms with Crippen molar-refractivity contribution in [2.75, 3.05) is 20.3 Å². The molecule has 2 aromatic rings. The van der Waals surface area contributed by atoms with Crippen molar-refractivity contribution < 1.29 is 13.9 Å². The molecule has 130 valence electrons. The monoisotopic (exact) mass is 331 g/mol. The molecule has 4 heteroatoms. The number of benzene rings is 2. The standard InChI is InChI=1S/C20H26FNO2/c1-14(2)13-24-18-7-4-15(5-8-18)10-16(12-22)19-11-17(21)6-9-20(19)23-3/h4-9,11,14,16H,10,12-13,22H2,1-3H3. The van der Waals surface area contributed by atoms with E-state index in [-0.39, 0.29) is 11.7 Å². The van der Waals surface area contributed by atoms with Gasteiger partial charge in [0.05, 0.1) is 13.7 Å². The predicted molar refractivity (Wildman–Crippen MR) is 95.2 cm³/mol. The highest BCUT2D eigenvalue weighted by Gasteiger charge is 2.16. The van der Waals surface area contributed by atoms with Crippen LogP contribution in [0.15, 0.2) is 42.5 Å². The molecule has 2 rings (SSSR count). The second kappa shape index (κ2) is 8.69. The first-order valence-corrected chi connectivity index (χ1v) is 8.28. The Balaban J connectivity index is 2.11. The predicted octanol–water partition coefficient (Wildman–Crippen LogP) is 4.15. The van der Waals surface area contributed by atoms with E-state index in [0.29, 0.717) is 24.8 Å². The molecule has 0 aliphatic heterocycles.